The molecular formula is C21H22F6N4O6. The van der Waals surface area contributed by atoms with Gasteiger partial charge in [0.1, 0.15) is 6.10 Å². The topological polar surface area (TPSA) is 144 Å². The number of halogens is 6. The van der Waals surface area contributed by atoms with Crippen LogP contribution in [0.3, 0.4) is 0 Å². The van der Waals surface area contributed by atoms with Gasteiger partial charge in [0.15, 0.2) is 0 Å². The van der Waals surface area contributed by atoms with Crippen LogP contribution in [0.25, 0.3) is 0 Å². The zero-order chi connectivity index (χ0) is 27.8. The third kappa shape index (κ3) is 10.1. The van der Waals surface area contributed by atoms with Gasteiger partial charge in [0, 0.05) is 37.2 Å². The van der Waals surface area contributed by atoms with Crippen LogP contribution >= 0.6 is 0 Å². The number of carboxylic acid groups (broad SMARTS) is 2. The zero-order valence-electron chi connectivity index (χ0n) is 18.9. The van der Waals surface area contributed by atoms with Crippen molar-refractivity contribution in [2.75, 3.05) is 13.2 Å². The number of alkyl halides is 6. The van der Waals surface area contributed by atoms with Crippen LogP contribution in [0.4, 0.5) is 26.3 Å². The molecule has 0 radical (unpaired) electrons. The van der Waals surface area contributed by atoms with Crippen molar-refractivity contribution in [2.45, 2.75) is 44.3 Å². The van der Waals surface area contributed by atoms with Gasteiger partial charge in [-0.15, -0.1) is 0 Å². The lowest BCUT2D eigenvalue weighted by Gasteiger charge is -2.22. The van der Waals surface area contributed by atoms with Crippen LogP contribution in [-0.2, 0) is 27.3 Å². The Morgan fingerprint density at radius 2 is 1.57 bits per heavy atom. The van der Waals surface area contributed by atoms with E-state index in [1.165, 1.54) is 18.4 Å². The van der Waals surface area contributed by atoms with Gasteiger partial charge in [-0.05, 0) is 42.9 Å². The second kappa shape index (κ2) is 12.5. The van der Waals surface area contributed by atoms with Gasteiger partial charge in [-0.2, -0.15) is 31.4 Å². The van der Waals surface area contributed by atoms with Gasteiger partial charge in [0.2, 0.25) is 0 Å². The smallest absolute Gasteiger partial charge is 0.475 e. The molecule has 1 amide bonds. The van der Waals surface area contributed by atoms with Crippen molar-refractivity contribution in [3.05, 3.63) is 47.5 Å². The largest absolute Gasteiger partial charge is 0.490 e. The first-order valence-electron chi connectivity index (χ1n) is 10.6. The van der Waals surface area contributed by atoms with E-state index in [1.54, 1.807) is 24.5 Å². The molecule has 4 rings (SSSR count). The van der Waals surface area contributed by atoms with E-state index in [2.05, 4.69) is 21.2 Å². The average Bonchev–Trinajstić information content (AvgIpc) is 3.53. The minimum atomic E-state index is -5.08. The number of pyridine rings is 1. The Kier molecular flexibility index (Phi) is 9.99. The van der Waals surface area contributed by atoms with E-state index >= 15 is 0 Å². The summed E-state index contributed by atoms with van der Waals surface area (Å²) in [6.45, 7) is 2.12. The number of carbonyl (C=O) groups is 3. The number of ether oxygens (including phenoxy) is 1. The predicted octanol–water partition coefficient (Wildman–Crippen LogP) is 3.00. The van der Waals surface area contributed by atoms with Crippen LogP contribution in [0.15, 0.2) is 30.7 Å². The Morgan fingerprint density at radius 3 is 2.05 bits per heavy atom. The van der Waals surface area contributed by atoms with Gasteiger partial charge in [-0.1, -0.05) is 0 Å². The van der Waals surface area contributed by atoms with E-state index < -0.39 is 24.3 Å². The van der Waals surface area contributed by atoms with Crippen molar-refractivity contribution < 1.29 is 55.7 Å². The number of hydrogen-bond acceptors (Lipinski definition) is 6. The van der Waals surface area contributed by atoms with Crippen LogP contribution in [0.2, 0.25) is 0 Å². The van der Waals surface area contributed by atoms with Crippen LogP contribution < -0.4 is 5.32 Å². The molecule has 3 N–H and O–H groups in total. The van der Waals surface area contributed by atoms with E-state index in [9.17, 15) is 31.1 Å². The highest BCUT2D eigenvalue weighted by Crippen LogP contribution is 2.32. The number of carboxylic acids is 2. The average molecular weight is 540 g/mol. The fourth-order valence-electron chi connectivity index (χ4n) is 2.94. The summed E-state index contributed by atoms with van der Waals surface area (Å²) in [6.07, 6.45) is -1.43. The standard InChI is InChI=1S/C17H20N4O2.2C2HF3O2/c22-17(13-3-6-18-7-4-13)19-9-15-16-14(5-8-23-15)11-21(20-16)10-12-1-2-12;2*3-2(4,5)1(6)7/h3-4,6-7,11-12,15H,1-2,5,8-10H2,(H,19,22);2*(H,6,7). The van der Waals surface area contributed by atoms with Crippen LogP contribution in [0, 0.1) is 5.92 Å². The van der Waals surface area contributed by atoms with E-state index in [0.717, 1.165) is 24.6 Å². The van der Waals surface area contributed by atoms with E-state index in [0.29, 0.717) is 18.7 Å². The Balaban J connectivity index is 0.000000286. The molecule has 1 unspecified atom stereocenters. The molecule has 1 saturated carbocycles. The van der Waals surface area contributed by atoms with Crippen molar-refractivity contribution in [3.63, 3.8) is 0 Å². The number of amides is 1. The third-order valence-electron chi connectivity index (χ3n) is 4.88. The molecule has 2 aromatic heterocycles. The summed E-state index contributed by atoms with van der Waals surface area (Å²) in [5.41, 5.74) is 2.84. The number of rotatable bonds is 5. The molecule has 0 saturated heterocycles. The maximum absolute atomic E-state index is 12.1. The van der Waals surface area contributed by atoms with Crippen LogP contribution in [0.5, 0.6) is 0 Å². The van der Waals surface area contributed by atoms with Gasteiger partial charge in [0.05, 0.1) is 12.3 Å². The lowest BCUT2D eigenvalue weighted by molar-refractivity contribution is -0.193. The number of hydrogen-bond donors (Lipinski definition) is 3. The molecule has 1 aliphatic heterocycles. The van der Waals surface area contributed by atoms with Gasteiger partial charge >= 0.3 is 24.3 Å². The highest BCUT2D eigenvalue weighted by Gasteiger charge is 2.39. The van der Waals surface area contributed by atoms with Crippen LogP contribution in [-0.4, -0.2) is 68.3 Å². The van der Waals surface area contributed by atoms with Crippen molar-refractivity contribution in [2.24, 2.45) is 5.92 Å². The number of aliphatic carboxylic acids is 2. The molecule has 2 aromatic rings. The minimum Gasteiger partial charge on any atom is -0.475 e. The highest BCUT2D eigenvalue weighted by molar-refractivity contribution is 5.93. The van der Waals surface area contributed by atoms with E-state index in [1.807, 2.05) is 0 Å². The predicted molar refractivity (Wildman–Crippen MR) is 111 cm³/mol. The monoisotopic (exact) mass is 540 g/mol. The Morgan fingerprint density at radius 1 is 1.03 bits per heavy atom. The molecule has 1 atom stereocenters. The summed E-state index contributed by atoms with van der Waals surface area (Å²) in [5, 5.41) is 21.9. The Hall–Kier alpha value is -3.69. The molecule has 204 valence electrons. The van der Waals surface area contributed by atoms with Crippen molar-refractivity contribution >= 4 is 17.8 Å². The summed E-state index contributed by atoms with van der Waals surface area (Å²) < 4.78 is 71.3. The second-order valence-electron chi connectivity index (χ2n) is 7.87. The lowest BCUT2D eigenvalue weighted by atomic mass is 10.1. The van der Waals surface area contributed by atoms with Gasteiger partial charge in [-0.25, -0.2) is 9.59 Å². The first kappa shape index (κ1) is 29.5. The van der Waals surface area contributed by atoms with Crippen molar-refractivity contribution in [1.82, 2.24) is 20.1 Å². The number of nitrogens with zero attached hydrogens (tertiary/aromatic N) is 3. The van der Waals surface area contributed by atoms with Crippen LogP contribution in [0.1, 0.15) is 40.6 Å². The molecule has 1 aliphatic carbocycles. The first-order chi connectivity index (χ1) is 17.2. The first-order valence-corrected chi connectivity index (χ1v) is 10.6. The number of nitrogens with one attached hydrogen (secondary N) is 1. The normalized spacial score (nSPS) is 16.8. The van der Waals surface area contributed by atoms with E-state index in [4.69, 9.17) is 29.6 Å². The van der Waals surface area contributed by atoms with E-state index in [-0.39, 0.29) is 12.0 Å². The molecule has 0 aromatic carbocycles. The number of carbonyl (C=O) groups excluding carboxylic acids is 1. The summed E-state index contributed by atoms with van der Waals surface area (Å²) >= 11 is 0. The number of aromatic nitrogens is 3. The summed E-state index contributed by atoms with van der Waals surface area (Å²) in [4.78, 5) is 33.9. The Labute approximate surface area is 205 Å². The highest BCUT2D eigenvalue weighted by atomic mass is 19.4. The number of fused-ring (bicyclic) bond motifs is 1. The Bertz CT molecular complexity index is 1050. The molecule has 1 fully saturated rings. The molecule has 10 nitrogen and oxygen atoms in total. The molecule has 3 heterocycles. The maximum atomic E-state index is 12.1. The SMILES string of the molecule is O=C(NCC1OCCc2cn(CC3CC3)nc21)c1ccncc1.O=C(O)C(F)(F)F.O=C(O)C(F)(F)F. The fourth-order valence-corrected chi connectivity index (χ4v) is 2.94. The van der Waals surface area contributed by atoms with Gasteiger partial charge in [-0.3, -0.25) is 14.5 Å². The van der Waals surface area contributed by atoms with Crippen molar-refractivity contribution in [1.29, 1.82) is 0 Å². The minimum absolute atomic E-state index is 0.111. The second-order valence-corrected chi connectivity index (χ2v) is 7.87. The molecule has 0 spiro atoms. The van der Waals surface area contributed by atoms with Gasteiger partial charge < -0.3 is 20.3 Å². The lowest BCUT2D eigenvalue weighted by Crippen LogP contribution is -2.31. The summed E-state index contributed by atoms with van der Waals surface area (Å²) in [6, 6.07) is 3.40. The fraction of sp³-hybridized carbons (Fsp3) is 0.476. The van der Waals surface area contributed by atoms with Gasteiger partial charge in [0.25, 0.3) is 5.91 Å². The quantitative estimate of drug-likeness (QED) is 0.491. The molecular weight excluding hydrogens is 518 g/mol. The molecule has 37 heavy (non-hydrogen) atoms. The van der Waals surface area contributed by atoms with Crippen molar-refractivity contribution in [3.8, 4) is 0 Å². The summed E-state index contributed by atoms with van der Waals surface area (Å²) in [5.74, 6) is -4.83. The molecule has 16 heteroatoms. The zero-order valence-corrected chi connectivity index (χ0v) is 18.9. The molecule has 0 bridgehead atoms. The maximum Gasteiger partial charge on any atom is 0.490 e. The summed E-state index contributed by atoms with van der Waals surface area (Å²) in [7, 11) is 0. The molecule has 2 aliphatic rings. The third-order valence-corrected chi connectivity index (χ3v) is 4.88.